The molecule has 2 aromatic heterocycles. The summed E-state index contributed by atoms with van der Waals surface area (Å²) in [7, 11) is 0. The molecule has 6 heteroatoms. The van der Waals surface area contributed by atoms with Gasteiger partial charge in [0.05, 0.1) is 5.56 Å². The van der Waals surface area contributed by atoms with E-state index in [2.05, 4.69) is 19.9 Å². The Kier molecular flexibility index (Phi) is 3.22. The maximum absolute atomic E-state index is 12.6. The van der Waals surface area contributed by atoms with E-state index in [0.717, 1.165) is 24.1 Å². The minimum atomic E-state index is -0.269. The Bertz CT molecular complexity index is 941. The monoisotopic (exact) mass is 308 g/mol. The van der Waals surface area contributed by atoms with Crippen molar-refractivity contribution in [3.63, 3.8) is 0 Å². The molecule has 23 heavy (non-hydrogen) atoms. The van der Waals surface area contributed by atoms with Crippen molar-refractivity contribution in [2.75, 3.05) is 0 Å². The summed E-state index contributed by atoms with van der Waals surface area (Å²) in [6, 6.07) is 8.74. The summed E-state index contributed by atoms with van der Waals surface area (Å²) >= 11 is 0. The number of hydrogen-bond acceptors (Lipinski definition) is 3. The highest BCUT2D eigenvalue weighted by Gasteiger charge is 2.21. The number of pyridine rings is 1. The van der Waals surface area contributed by atoms with E-state index in [1.165, 1.54) is 6.07 Å². The van der Waals surface area contributed by atoms with E-state index in [9.17, 15) is 9.59 Å². The minimum Gasteiger partial charge on any atom is -0.347 e. The summed E-state index contributed by atoms with van der Waals surface area (Å²) in [5, 5.41) is 3.80. The molecule has 3 aromatic rings. The van der Waals surface area contributed by atoms with Gasteiger partial charge in [0.2, 0.25) is 5.56 Å². The summed E-state index contributed by atoms with van der Waals surface area (Å²) in [4.78, 5) is 31.5. The maximum Gasteiger partial charge on any atom is 0.252 e. The number of H-pyrrole nitrogens is 1. The van der Waals surface area contributed by atoms with Crippen LogP contribution in [0.2, 0.25) is 0 Å². The zero-order valence-corrected chi connectivity index (χ0v) is 12.5. The van der Waals surface area contributed by atoms with Gasteiger partial charge in [-0.25, -0.2) is 4.98 Å². The number of carbonyl (C=O) groups is 1. The number of para-hydroxylation sites is 1. The highest BCUT2D eigenvalue weighted by Crippen LogP contribution is 2.17. The smallest absolute Gasteiger partial charge is 0.252 e. The van der Waals surface area contributed by atoms with Crippen molar-refractivity contribution in [1.82, 2.24) is 19.9 Å². The molecule has 0 saturated carbocycles. The molecule has 4 rings (SSSR count). The van der Waals surface area contributed by atoms with Gasteiger partial charge in [0.1, 0.15) is 5.82 Å². The second-order valence-corrected chi connectivity index (χ2v) is 5.80. The average Bonchev–Trinajstić information content (AvgIpc) is 3.01. The quantitative estimate of drug-likeness (QED) is 0.752. The number of imidazole rings is 1. The van der Waals surface area contributed by atoms with Crippen LogP contribution in [0.25, 0.3) is 10.9 Å². The second kappa shape index (κ2) is 5.39. The number of nitrogens with zero attached hydrogens (tertiary/aromatic N) is 2. The van der Waals surface area contributed by atoms with E-state index in [1.807, 2.05) is 24.4 Å². The van der Waals surface area contributed by atoms with Crippen molar-refractivity contribution in [2.24, 2.45) is 0 Å². The molecule has 116 valence electrons. The number of rotatable bonds is 2. The van der Waals surface area contributed by atoms with Gasteiger partial charge in [-0.2, -0.15) is 0 Å². The maximum atomic E-state index is 12.6. The Morgan fingerprint density at radius 1 is 1.35 bits per heavy atom. The minimum absolute atomic E-state index is 0.0437. The third kappa shape index (κ3) is 2.52. The lowest BCUT2D eigenvalue weighted by atomic mass is 10.0. The lowest BCUT2D eigenvalue weighted by Crippen LogP contribution is -2.41. The van der Waals surface area contributed by atoms with Crippen LogP contribution in [0.5, 0.6) is 0 Å². The van der Waals surface area contributed by atoms with Crippen molar-refractivity contribution in [3.8, 4) is 0 Å². The molecular weight excluding hydrogens is 292 g/mol. The van der Waals surface area contributed by atoms with Crippen molar-refractivity contribution in [2.45, 2.75) is 25.4 Å². The van der Waals surface area contributed by atoms with Crippen LogP contribution in [0.15, 0.2) is 47.5 Å². The molecule has 6 nitrogen and oxygen atoms in total. The molecule has 1 amide bonds. The van der Waals surface area contributed by atoms with Crippen molar-refractivity contribution in [1.29, 1.82) is 0 Å². The molecule has 1 aliphatic rings. The number of amides is 1. The van der Waals surface area contributed by atoms with Gasteiger partial charge in [-0.05, 0) is 12.5 Å². The molecule has 2 N–H and O–H groups in total. The molecule has 1 aromatic carbocycles. The van der Waals surface area contributed by atoms with E-state index in [1.54, 1.807) is 12.3 Å². The Morgan fingerprint density at radius 3 is 3.13 bits per heavy atom. The average molecular weight is 308 g/mol. The number of nitrogens with one attached hydrogen (secondary N) is 2. The van der Waals surface area contributed by atoms with Gasteiger partial charge in [-0.3, -0.25) is 9.59 Å². The summed E-state index contributed by atoms with van der Waals surface area (Å²) < 4.78 is 2.06. The highest BCUT2D eigenvalue weighted by molar-refractivity contribution is 6.06. The zero-order valence-electron chi connectivity index (χ0n) is 12.5. The van der Waals surface area contributed by atoms with Gasteiger partial charge in [0, 0.05) is 48.4 Å². The molecule has 0 bridgehead atoms. The Balaban J connectivity index is 1.62. The van der Waals surface area contributed by atoms with Gasteiger partial charge in [0.15, 0.2) is 0 Å². The number of fused-ring (bicyclic) bond motifs is 2. The van der Waals surface area contributed by atoms with Crippen LogP contribution in [-0.2, 0) is 13.0 Å². The Hall–Kier alpha value is -2.89. The lowest BCUT2D eigenvalue weighted by molar-refractivity contribution is 0.0929. The van der Waals surface area contributed by atoms with Gasteiger partial charge in [0.25, 0.3) is 5.91 Å². The van der Waals surface area contributed by atoms with Gasteiger partial charge in [-0.15, -0.1) is 0 Å². The summed E-state index contributed by atoms with van der Waals surface area (Å²) in [5.41, 5.74) is 0.820. The summed E-state index contributed by atoms with van der Waals surface area (Å²) in [6.07, 6.45) is 5.40. The number of carbonyl (C=O) groups excluding carboxylic acids is 1. The summed E-state index contributed by atoms with van der Waals surface area (Å²) in [6.45, 7) is 0.711. The summed E-state index contributed by atoms with van der Waals surface area (Å²) in [5.74, 6) is 0.845. The van der Waals surface area contributed by atoms with Crippen molar-refractivity contribution in [3.05, 3.63) is 64.5 Å². The van der Waals surface area contributed by atoms with E-state index in [0.29, 0.717) is 17.6 Å². The van der Waals surface area contributed by atoms with Crippen LogP contribution < -0.4 is 10.9 Å². The standard InChI is InChI=1S/C17H16N4O2/c22-16-9-13(12-3-1-2-4-14(12)20-16)17(23)19-11-5-6-15-18-7-8-21(15)10-11/h1-4,7-9,11H,5-6,10H2,(H,19,23)(H,20,22)/t11-/m1/s1. The molecule has 3 heterocycles. The molecule has 0 unspecified atom stereocenters. The Morgan fingerprint density at radius 2 is 2.22 bits per heavy atom. The van der Waals surface area contributed by atoms with Crippen LogP contribution in [0, 0.1) is 0 Å². The number of hydrogen-bond donors (Lipinski definition) is 2. The molecule has 1 atom stereocenters. The number of aromatic nitrogens is 3. The van der Waals surface area contributed by atoms with Crippen LogP contribution in [0.4, 0.5) is 0 Å². The third-order valence-corrected chi connectivity index (χ3v) is 4.27. The first-order chi connectivity index (χ1) is 11.2. The first-order valence-corrected chi connectivity index (χ1v) is 7.63. The molecule has 0 spiro atoms. The highest BCUT2D eigenvalue weighted by atomic mass is 16.2. The predicted molar refractivity (Wildman–Crippen MR) is 86.4 cm³/mol. The fourth-order valence-electron chi connectivity index (χ4n) is 3.14. The molecule has 0 fully saturated rings. The van der Waals surface area contributed by atoms with Crippen molar-refractivity contribution < 1.29 is 4.79 Å². The normalized spacial score (nSPS) is 17.0. The number of benzene rings is 1. The van der Waals surface area contributed by atoms with Gasteiger partial charge >= 0.3 is 0 Å². The predicted octanol–water partition coefficient (Wildman–Crippen LogP) is 1.47. The number of aryl methyl sites for hydroxylation is 1. The second-order valence-electron chi connectivity index (χ2n) is 5.80. The van der Waals surface area contributed by atoms with E-state index in [4.69, 9.17) is 0 Å². The first kappa shape index (κ1) is 13.8. The molecular formula is C17H16N4O2. The van der Waals surface area contributed by atoms with Crippen LogP contribution >= 0.6 is 0 Å². The van der Waals surface area contributed by atoms with Crippen molar-refractivity contribution >= 4 is 16.8 Å². The van der Waals surface area contributed by atoms with E-state index in [-0.39, 0.29) is 17.5 Å². The van der Waals surface area contributed by atoms with Crippen LogP contribution in [0.3, 0.4) is 0 Å². The van der Waals surface area contributed by atoms with Crippen LogP contribution in [-0.4, -0.2) is 26.5 Å². The lowest BCUT2D eigenvalue weighted by Gasteiger charge is -2.24. The fraction of sp³-hybridized carbons (Fsp3) is 0.235. The van der Waals surface area contributed by atoms with E-state index >= 15 is 0 Å². The number of aromatic amines is 1. The third-order valence-electron chi connectivity index (χ3n) is 4.27. The zero-order chi connectivity index (χ0) is 15.8. The van der Waals surface area contributed by atoms with Gasteiger partial charge in [-0.1, -0.05) is 18.2 Å². The SMILES string of the molecule is O=C(N[C@@H]1CCc2nccn2C1)c1cc(=O)[nH]c2ccccc12. The van der Waals surface area contributed by atoms with Gasteiger partial charge < -0.3 is 14.9 Å². The molecule has 0 radical (unpaired) electrons. The molecule has 0 saturated heterocycles. The topological polar surface area (TPSA) is 79.8 Å². The van der Waals surface area contributed by atoms with Crippen LogP contribution in [0.1, 0.15) is 22.6 Å². The largest absolute Gasteiger partial charge is 0.347 e. The fourth-order valence-corrected chi connectivity index (χ4v) is 3.14. The molecule has 1 aliphatic heterocycles. The van der Waals surface area contributed by atoms with E-state index < -0.39 is 0 Å². The Labute approximate surface area is 132 Å². The first-order valence-electron chi connectivity index (χ1n) is 7.63. The molecule has 0 aliphatic carbocycles.